The number of hydrazone groups is 1. The van der Waals surface area contributed by atoms with Crippen molar-refractivity contribution in [1.29, 1.82) is 5.26 Å². The first-order valence-corrected chi connectivity index (χ1v) is 3.82. The predicted octanol–water partition coefficient (Wildman–Crippen LogP) is 0.0733. The molecule has 1 rings (SSSR count). The SMILES string of the molecule is N#C/C=C\C(=O)/C=N/N1CCOC1=O. The molecule has 0 unspecified atom stereocenters. The molecule has 1 aliphatic rings. The summed E-state index contributed by atoms with van der Waals surface area (Å²) in [4.78, 5) is 21.7. The van der Waals surface area contributed by atoms with Gasteiger partial charge in [-0.2, -0.15) is 15.4 Å². The van der Waals surface area contributed by atoms with Crippen LogP contribution in [-0.2, 0) is 9.53 Å². The first kappa shape index (κ1) is 9.92. The summed E-state index contributed by atoms with van der Waals surface area (Å²) in [5, 5.41) is 12.7. The standard InChI is InChI=1S/C8H7N3O3/c9-3-1-2-7(12)6-10-11-4-5-14-8(11)13/h1-2,6H,4-5H2/b2-1-,10-6+. The predicted molar refractivity (Wildman–Crippen MR) is 46.3 cm³/mol. The minimum atomic E-state index is -0.571. The second kappa shape index (κ2) is 4.77. The van der Waals surface area contributed by atoms with Crippen molar-refractivity contribution in [2.45, 2.75) is 0 Å². The lowest BCUT2D eigenvalue weighted by Gasteiger charge is -2.01. The van der Waals surface area contributed by atoms with Gasteiger partial charge in [0.1, 0.15) is 6.61 Å². The first-order chi connectivity index (χ1) is 6.74. The van der Waals surface area contributed by atoms with Crippen LogP contribution in [0.25, 0.3) is 0 Å². The summed E-state index contributed by atoms with van der Waals surface area (Å²) in [5.74, 6) is -0.453. The summed E-state index contributed by atoms with van der Waals surface area (Å²) in [7, 11) is 0. The molecule has 0 spiro atoms. The Morgan fingerprint density at radius 2 is 2.50 bits per heavy atom. The maximum atomic E-state index is 10.9. The van der Waals surface area contributed by atoms with Gasteiger partial charge in [0.25, 0.3) is 0 Å². The molecule has 1 heterocycles. The molecular weight excluding hydrogens is 186 g/mol. The molecule has 0 atom stereocenters. The molecule has 1 fully saturated rings. The average Bonchev–Trinajstić information content (AvgIpc) is 2.58. The quantitative estimate of drug-likeness (QED) is 0.361. The van der Waals surface area contributed by atoms with Crippen molar-refractivity contribution < 1.29 is 14.3 Å². The largest absolute Gasteiger partial charge is 0.446 e. The van der Waals surface area contributed by atoms with E-state index in [0.29, 0.717) is 6.54 Å². The molecule has 6 nitrogen and oxygen atoms in total. The van der Waals surface area contributed by atoms with Crippen molar-refractivity contribution in [3.8, 4) is 6.07 Å². The fourth-order valence-electron chi connectivity index (χ4n) is 0.779. The molecule has 0 radical (unpaired) electrons. The van der Waals surface area contributed by atoms with Crippen LogP contribution >= 0.6 is 0 Å². The third-order valence-corrected chi connectivity index (χ3v) is 1.39. The number of cyclic esters (lactones) is 1. The molecule has 0 aliphatic carbocycles. The number of rotatable bonds is 3. The van der Waals surface area contributed by atoms with E-state index in [4.69, 9.17) is 5.26 Å². The Morgan fingerprint density at radius 1 is 1.71 bits per heavy atom. The van der Waals surface area contributed by atoms with Crippen molar-refractivity contribution in [3.63, 3.8) is 0 Å². The van der Waals surface area contributed by atoms with E-state index in [-0.39, 0.29) is 6.61 Å². The third-order valence-electron chi connectivity index (χ3n) is 1.39. The zero-order chi connectivity index (χ0) is 10.4. The highest BCUT2D eigenvalue weighted by Crippen LogP contribution is 2.02. The van der Waals surface area contributed by atoms with Gasteiger partial charge < -0.3 is 4.74 Å². The highest BCUT2D eigenvalue weighted by Gasteiger charge is 2.20. The lowest BCUT2D eigenvalue weighted by atomic mass is 10.4. The van der Waals surface area contributed by atoms with E-state index in [1.807, 2.05) is 0 Å². The summed E-state index contributed by atoms with van der Waals surface area (Å²) in [5.41, 5.74) is 0. The van der Waals surface area contributed by atoms with Crippen molar-refractivity contribution in [1.82, 2.24) is 5.01 Å². The van der Waals surface area contributed by atoms with Gasteiger partial charge in [0, 0.05) is 6.08 Å². The van der Waals surface area contributed by atoms with Gasteiger partial charge in [-0.05, 0) is 6.08 Å². The third kappa shape index (κ3) is 2.71. The molecule has 14 heavy (non-hydrogen) atoms. The summed E-state index contributed by atoms with van der Waals surface area (Å²) in [6.07, 6.45) is 2.49. The zero-order valence-corrected chi connectivity index (χ0v) is 7.21. The van der Waals surface area contributed by atoms with Crippen LogP contribution in [0.4, 0.5) is 4.79 Å². The molecule has 0 N–H and O–H groups in total. The Balaban J connectivity index is 2.47. The Hall–Kier alpha value is -2.16. The lowest BCUT2D eigenvalue weighted by Crippen LogP contribution is -2.18. The highest BCUT2D eigenvalue weighted by atomic mass is 16.6. The van der Waals surface area contributed by atoms with Crippen molar-refractivity contribution in [3.05, 3.63) is 12.2 Å². The van der Waals surface area contributed by atoms with E-state index >= 15 is 0 Å². The Labute approximate surface area is 80.1 Å². The summed E-state index contributed by atoms with van der Waals surface area (Å²) < 4.78 is 4.57. The van der Waals surface area contributed by atoms with Crippen LogP contribution in [0.1, 0.15) is 0 Å². The van der Waals surface area contributed by atoms with Crippen LogP contribution < -0.4 is 0 Å². The number of ether oxygens (including phenoxy) is 1. The van der Waals surface area contributed by atoms with Crippen molar-refractivity contribution >= 4 is 18.1 Å². The van der Waals surface area contributed by atoms with Crippen LogP contribution in [0.15, 0.2) is 17.3 Å². The van der Waals surface area contributed by atoms with E-state index in [2.05, 4.69) is 9.84 Å². The van der Waals surface area contributed by atoms with Crippen LogP contribution in [0, 0.1) is 11.3 Å². The highest BCUT2D eigenvalue weighted by molar-refractivity contribution is 6.32. The Bertz CT molecular complexity index is 340. The second-order valence-electron chi connectivity index (χ2n) is 2.35. The zero-order valence-electron chi connectivity index (χ0n) is 7.21. The molecule has 1 saturated heterocycles. The number of ketones is 1. The topological polar surface area (TPSA) is 82.8 Å². The fraction of sp³-hybridized carbons (Fsp3) is 0.250. The van der Waals surface area contributed by atoms with Gasteiger partial charge in [-0.1, -0.05) is 0 Å². The van der Waals surface area contributed by atoms with Gasteiger partial charge in [-0.15, -0.1) is 0 Å². The number of carbonyl (C=O) groups is 2. The number of hydrogen-bond donors (Lipinski definition) is 0. The molecular formula is C8H7N3O3. The van der Waals surface area contributed by atoms with Crippen LogP contribution in [0.5, 0.6) is 0 Å². The maximum Gasteiger partial charge on any atom is 0.430 e. The van der Waals surface area contributed by atoms with Crippen molar-refractivity contribution in [2.75, 3.05) is 13.2 Å². The molecule has 1 amide bonds. The van der Waals surface area contributed by atoms with E-state index in [9.17, 15) is 9.59 Å². The van der Waals surface area contributed by atoms with E-state index in [1.165, 1.54) is 0 Å². The van der Waals surface area contributed by atoms with E-state index < -0.39 is 11.9 Å². The lowest BCUT2D eigenvalue weighted by molar-refractivity contribution is -0.108. The Kier molecular flexibility index (Phi) is 3.38. The minimum absolute atomic E-state index is 0.276. The molecule has 6 heteroatoms. The van der Waals surface area contributed by atoms with Gasteiger partial charge in [-0.3, -0.25) is 4.79 Å². The normalized spacial score (nSPS) is 16.2. The molecule has 1 aliphatic heterocycles. The van der Waals surface area contributed by atoms with E-state index in [0.717, 1.165) is 23.4 Å². The first-order valence-electron chi connectivity index (χ1n) is 3.82. The van der Waals surface area contributed by atoms with E-state index in [1.54, 1.807) is 6.07 Å². The maximum absolute atomic E-state index is 10.9. The number of nitrogens with zero attached hydrogens (tertiary/aromatic N) is 3. The summed E-state index contributed by atoms with van der Waals surface area (Å²) in [6.45, 7) is 0.614. The Morgan fingerprint density at radius 3 is 3.07 bits per heavy atom. The smallest absolute Gasteiger partial charge is 0.430 e. The molecule has 72 valence electrons. The fourth-order valence-corrected chi connectivity index (χ4v) is 0.779. The number of nitriles is 1. The van der Waals surface area contributed by atoms with Gasteiger partial charge in [0.15, 0.2) is 5.78 Å². The second-order valence-corrected chi connectivity index (χ2v) is 2.35. The number of hydrogen-bond acceptors (Lipinski definition) is 5. The van der Waals surface area contributed by atoms with Gasteiger partial charge >= 0.3 is 6.09 Å². The minimum Gasteiger partial charge on any atom is -0.446 e. The number of carbonyl (C=O) groups excluding carboxylic acids is 2. The summed E-state index contributed by atoms with van der Waals surface area (Å²) in [6, 6.07) is 1.67. The number of amides is 1. The molecule has 0 aromatic carbocycles. The molecule has 0 aromatic rings. The van der Waals surface area contributed by atoms with Crippen LogP contribution in [-0.4, -0.2) is 36.3 Å². The summed E-state index contributed by atoms with van der Waals surface area (Å²) >= 11 is 0. The van der Waals surface area contributed by atoms with Gasteiger partial charge in [-0.25, -0.2) is 4.79 Å². The number of allylic oxidation sites excluding steroid dienone is 2. The molecule has 0 saturated carbocycles. The average molecular weight is 193 g/mol. The van der Waals surface area contributed by atoms with Crippen LogP contribution in [0.3, 0.4) is 0 Å². The van der Waals surface area contributed by atoms with Gasteiger partial charge in [0.05, 0.1) is 18.8 Å². The molecule has 0 aromatic heterocycles. The van der Waals surface area contributed by atoms with Crippen LogP contribution in [0.2, 0.25) is 0 Å². The van der Waals surface area contributed by atoms with Crippen molar-refractivity contribution in [2.24, 2.45) is 5.10 Å². The molecule has 0 bridgehead atoms. The van der Waals surface area contributed by atoms with Gasteiger partial charge in [0.2, 0.25) is 0 Å². The monoisotopic (exact) mass is 193 g/mol.